The number of carbonyl (C=O) groups excluding carboxylic acids is 2. The lowest BCUT2D eigenvalue weighted by molar-refractivity contribution is -0.122. The topological polar surface area (TPSA) is 82.8 Å². The number of imide groups is 1. The van der Waals surface area contributed by atoms with Crippen LogP contribution < -0.4 is 5.32 Å². The first-order chi connectivity index (χ1) is 10.2. The zero-order chi connectivity index (χ0) is 15.1. The predicted molar refractivity (Wildman–Crippen MR) is 76.7 cm³/mol. The van der Waals surface area contributed by atoms with Crippen molar-refractivity contribution in [3.8, 4) is 0 Å². The quantitative estimate of drug-likeness (QED) is 0.822. The molecule has 0 spiro atoms. The van der Waals surface area contributed by atoms with Crippen molar-refractivity contribution in [1.82, 2.24) is 10.2 Å². The Kier molecular flexibility index (Phi) is 5.95. The zero-order valence-electron chi connectivity index (χ0n) is 12.1. The lowest BCUT2D eigenvalue weighted by atomic mass is 9.94. The summed E-state index contributed by atoms with van der Waals surface area (Å²) in [6.45, 7) is 0.584. The maximum atomic E-state index is 12.0. The largest absolute Gasteiger partial charge is 0.459 e. The molecular weight excluding hydrogens is 272 g/mol. The van der Waals surface area contributed by atoms with Crippen molar-refractivity contribution in [3.63, 3.8) is 0 Å². The van der Waals surface area contributed by atoms with E-state index in [0.717, 1.165) is 25.7 Å². The Balaban J connectivity index is 1.87. The molecule has 1 heterocycles. The van der Waals surface area contributed by atoms with Crippen LogP contribution in [0.5, 0.6) is 0 Å². The third-order valence-electron chi connectivity index (χ3n) is 3.82. The molecule has 1 aromatic rings. The normalized spacial score (nSPS) is 16.1. The molecule has 21 heavy (non-hydrogen) atoms. The first-order valence-corrected chi connectivity index (χ1v) is 7.43. The molecule has 116 valence electrons. The van der Waals surface area contributed by atoms with Crippen molar-refractivity contribution in [1.29, 1.82) is 0 Å². The van der Waals surface area contributed by atoms with Gasteiger partial charge in [0.15, 0.2) is 5.76 Å². The van der Waals surface area contributed by atoms with Gasteiger partial charge in [0.05, 0.1) is 19.4 Å². The monoisotopic (exact) mass is 294 g/mol. The number of carbonyl (C=O) groups is 2. The molecule has 0 aromatic carbocycles. The fourth-order valence-corrected chi connectivity index (χ4v) is 2.79. The van der Waals surface area contributed by atoms with Gasteiger partial charge in [0.1, 0.15) is 0 Å². The number of amides is 2. The highest BCUT2D eigenvalue weighted by molar-refractivity contribution is 6.03. The molecule has 1 aliphatic carbocycles. The highest BCUT2D eigenvalue weighted by Crippen LogP contribution is 2.22. The Morgan fingerprint density at radius 1 is 1.33 bits per heavy atom. The van der Waals surface area contributed by atoms with E-state index in [-0.39, 0.29) is 24.8 Å². The molecule has 0 bridgehead atoms. The zero-order valence-corrected chi connectivity index (χ0v) is 12.1. The van der Waals surface area contributed by atoms with Crippen LogP contribution in [0.15, 0.2) is 22.8 Å². The van der Waals surface area contributed by atoms with Gasteiger partial charge in [-0.05, 0) is 25.0 Å². The second kappa shape index (κ2) is 7.95. The van der Waals surface area contributed by atoms with Gasteiger partial charge in [-0.3, -0.25) is 19.8 Å². The fourth-order valence-electron chi connectivity index (χ4n) is 2.79. The van der Waals surface area contributed by atoms with Gasteiger partial charge in [0, 0.05) is 12.6 Å². The summed E-state index contributed by atoms with van der Waals surface area (Å²) in [5.41, 5.74) is 0. The van der Waals surface area contributed by atoms with Crippen LogP contribution in [-0.2, 0) is 4.79 Å². The van der Waals surface area contributed by atoms with Crippen LogP contribution in [-0.4, -0.2) is 47.6 Å². The number of aliphatic hydroxyl groups is 1. The molecule has 1 saturated carbocycles. The minimum atomic E-state index is -0.530. The van der Waals surface area contributed by atoms with Gasteiger partial charge >= 0.3 is 0 Å². The number of rotatable bonds is 6. The van der Waals surface area contributed by atoms with E-state index >= 15 is 0 Å². The van der Waals surface area contributed by atoms with E-state index < -0.39 is 5.91 Å². The number of furan rings is 1. The average Bonchev–Trinajstić information content (AvgIpc) is 3.02. The van der Waals surface area contributed by atoms with Crippen LogP contribution in [0.4, 0.5) is 0 Å². The van der Waals surface area contributed by atoms with Crippen molar-refractivity contribution in [3.05, 3.63) is 24.2 Å². The lowest BCUT2D eigenvalue weighted by Gasteiger charge is -2.33. The van der Waals surface area contributed by atoms with Gasteiger partial charge in [0.2, 0.25) is 5.91 Å². The van der Waals surface area contributed by atoms with Crippen molar-refractivity contribution in [2.24, 2.45) is 0 Å². The Hall–Kier alpha value is -1.66. The number of nitrogens with zero attached hydrogens (tertiary/aromatic N) is 1. The number of nitrogens with one attached hydrogen (secondary N) is 1. The second-order valence-corrected chi connectivity index (χ2v) is 5.34. The fraction of sp³-hybridized carbons (Fsp3) is 0.600. The summed E-state index contributed by atoms with van der Waals surface area (Å²) in [5, 5.41) is 11.5. The third-order valence-corrected chi connectivity index (χ3v) is 3.82. The third kappa shape index (κ3) is 4.68. The summed E-state index contributed by atoms with van der Waals surface area (Å²) in [5.74, 6) is -0.775. The summed E-state index contributed by atoms with van der Waals surface area (Å²) >= 11 is 0. The average molecular weight is 294 g/mol. The van der Waals surface area contributed by atoms with E-state index in [9.17, 15) is 9.59 Å². The van der Waals surface area contributed by atoms with Crippen LogP contribution in [0.1, 0.15) is 42.7 Å². The Morgan fingerprint density at radius 3 is 2.71 bits per heavy atom. The molecule has 0 atom stereocenters. The summed E-state index contributed by atoms with van der Waals surface area (Å²) in [4.78, 5) is 25.7. The van der Waals surface area contributed by atoms with Crippen molar-refractivity contribution >= 4 is 11.8 Å². The van der Waals surface area contributed by atoms with Gasteiger partial charge in [-0.2, -0.15) is 0 Å². The van der Waals surface area contributed by atoms with Crippen molar-refractivity contribution in [2.75, 3.05) is 19.7 Å². The predicted octanol–water partition coefficient (Wildman–Crippen LogP) is 1.16. The molecule has 0 saturated heterocycles. The van der Waals surface area contributed by atoms with Crippen LogP contribution >= 0.6 is 0 Å². The highest BCUT2D eigenvalue weighted by Gasteiger charge is 2.23. The Labute approximate surface area is 124 Å². The number of aliphatic hydroxyl groups excluding tert-OH is 1. The van der Waals surface area contributed by atoms with E-state index in [1.54, 1.807) is 6.07 Å². The van der Waals surface area contributed by atoms with Gasteiger partial charge in [-0.25, -0.2) is 0 Å². The number of hydrogen-bond acceptors (Lipinski definition) is 5. The Morgan fingerprint density at radius 2 is 2.10 bits per heavy atom. The van der Waals surface area contributed by atoms with Crippen LogP contribution in [0, 0.1) is 0 Å². The first kappa shape index (κ1) is 15.7. The maximum Gasteiger partial charge on any atom is 0.293 e. The number of hydrogen-bond donors (Lipinski definition) is 2. The maximum absolute atomic E-state index is 12.0. The van der Waals surface area contributed by atoms with Gasteiger partial charge in [-0.1, -0.05) is 19.3 Å². The minimum Gasteiger partial charge on any atom is -0.459 e. The van der Waals surface area contributed by atoms with Crippen LogP contribution in [0.3, 0.4) is 0 Å². The summed E-state index contributed by atoms with van der Waals surface area (Å²) < 4.78 is 4.95. The SMILES string of the molecule is O=C(CN(CCO)C1CCCCC1)NC(=O)c1ccco1. The highest BCUT2D eigenvalue weighted by atomic mass is 16.3. The molecule has 6 nitrogen and oxygen atoms in total. The van der Waals surface area contributed by atoms with E-state index in [1.165, 1.54) is 18.8 Å². The van der Waals surface area contributed by atoms with E-state index in [4.69, 9.17) is 9.52 Å². The molecule has 0 radical (unpaired) electrons. The van der Waals surface area contributed by atoms with Gasteiger partial charge in [0.25, 0.3) is 5.91 Å². The van der Waals surface area contributed by atoms with E-state index in [2.05, 4.69) is 5.32 Å². The molecule has 1 fully saturated rings. The lowest BCUT2D eigenvalue weighted by Crippen LogP contribution is -2.46. The summed E-state index contributed by atoms with van der Waals surface area (Å²) in [6.07, 6.45) is 7.00. The molecule has 1 aromatic heterocycles. The molecule has 2 rings (SSSR count). The smallest absolute Gasteiger partial charge is 0.293 e. The van der Waals surface area contributed by atoms with Crippen molar-refractivity contribution in [2.45, 2.75) is 38.1 Å². The molecule has 2 N–H and O–H groups in total. The van der Waals surface area contributed by atoms with E-state index in [1.807, 2.05) is 4.90 Å². The molecule has 1 aliphatic rings. The van der Waals surface area contributed by atoms with Gasteiger partial charge < -0.3 is 9.52 Å². The molecular formula is C15H22N2O4. The summed E-state index contributed by atoms with van der Waals surface area (Å²) in [6, 6.07) is 3.42. The van der Waals surface area contributed by atoms with E-state index in [0.29, 0.717) is 12.6 Å². The molecule has 0 aliphatic heterocycles. The second-order valence-electron chi connectivity index (χ2n) is 5.34. The molecule has 2 amide bonds. The molecule has 6 heteroatoms. The summed E-state index contributed by atoms with van der Waals surface area (Å²) in [7, 11) is 0. The van der Waals surface area contributed by atoms with Gasteiger partial charge in [-0.15, -0.1) is 0 Å². The minimum absolute atomic E-state index is 0.00983. The molecule has 0 unspecified atom stereocenters. The standard InChI is InChI=1S/C15H22N2O4/c18-9-8-17(12-5-2-1-3-6-12)11-14(19)16-15(20)13-7-4-10-21-13/h4,7,10,12,18H,1-3,5-6,8-9,11H2,(H,16,19,20). The Bertz CT molecular complexity index is 452. The van der Waals surface area contributed by atoms with Crippen LogP contribution in [0.2, 0.25) is 0 Å². The van der Waals surface area contributed by atoms with Crippen molar-refractivity contribution < 1.29 is 19.1 Å². The first-order valence-electron chi connectivity index (χ1n) is 7.43. The van der Waals surface area contributed by atoms with Crippen LogP contribution in [0.25, 0.3) is 0 Å².